The first-order valence-corrected chi connectivity index (χ1v) is 7.60. The maximum absolute atomic E-state index is 12.0. The predicted octanol–water partition coefficient (Wildman–Crippen LogP) is 0.758. The predicted molar refractivity (Wildman–Crippen MR) is 82.8 cm³/mol. The number of ether oxygens (including phenoxy) is 3. The van der Waals surface area contributed by atoms with Crippen LogP contribution in [0.25, 0.3) is 5.65 Å². The van der Waals surface area contributed by atoms with Gasteiger partial charge in [0, 0.05) is 26.4 Å². The minimum atomic E-state index is -0.411. The summed E-state index contributed by atoms with van der Waals surface area (Å²) in [5, 5.41) is 4.14. The number of rotatable bonds is 5. The second-order valence-electron chi connectivity index (χ2n) is 5.23. The van der Waals surface area contributed by atoms with Gasteiger partial charge in [-0.05, 0) is 13.0 Å². The molecule has 0 aliphatic carbocycles. The second kappa shape index (κ2) is 6.93. The average molecular weight is 320 g/mol. The number of carbonyl (C=O) groups is 1. The van der Waals surface area contributed by atoms with E-state index in [1.54, 1.807) is 24.7 Å². The summed E-state index contributed by atoms with van der Waals surface area (Å²) in [6.07, 6.45) is 3.29. The number of anilines is 1. The van der Waals surface area contributed by atoms with Gasteiger partial charge in [0.25, 0.3) is 0 Å². The van der Waals surface area contributed by atoms with Crippen LogP contribution in [0.5, 0.6) is 0 Å². The molecule has 8 heteroatoms. The van der Waals surface area contributed by atoms with Crippen LogP contribution >= 0.6 is 0 Å². The first kappa shape index (κ1) is 15.7. The van der Waals surface area contributed by atoms with E-state index in [0.29, 0.717) is 37.6 Å². The molecule has 0 amide bonds. The minimum Gasteiger partial charge on any atom is -0.462 e. The Balaban J connectivity index is 1.87. The molecule has 1 aliphatic heterocycles. The Morgan fingerprint density at radius 1 is 1.52 bits per heavy atom. The molecule has 23 heavy (non-hydrogen) atoms. The lowest BCUT2D eigenvalue weighted by Gasteiger charge is -2.33. The summed E-state index contributed by atoms with van der Waals surface area (Å²) in [5.41, 5.74) is 0.867. The van der Waals surface area contributed by atoms with E-state index < -0.39 is 5.97 Å². The van der Waals surface area contributed by atoms with Crippen LogP contribution < -0.4 is 4.90 Å². The van der Waals surface area contributed by atoms with E-state index >= 15 is 0 Å². The van der Waals surface area contributed by atoms with Gasteiger partial charge in [-0.3, -0.25) is 0 Å². The van der Waals surface area contributed by atoms with Crippen LogP contribution in [0.2, 0.25) is 0 Å². The van der Waals surface area contributed by atoms with Crippen molar-refractivity contribution in [3.63, 3.8) is 0 Å². The molecule has 0 aromatic carbocycles. The van der Waals surface area contributed by atoms with Crippen LogP contribution in [0.1, 0.15) is 17.3 Å². The van der Waals surface area contributed by atoms with Crippen LogP contribution in [0.15, 0.2) is 18.5 Å². The SMILES string of the molecule is CCOC(=O)c1cnn2ccc(N3CCO[C@@H](COC)C3)nc12. The number of carbonyl (C=O) groups excluding carboxylic acids is 1. The Bertz CT molecular complexity index is 685. The van der Waals surface area contributed by atoms with Crippen molar-refractivity contribution in [3.8, 4) is 0 Å². The van der Waals surface area contributed by atoms with Crippen molar-refractivity contribution < 1.29 is 19.0 Å². The Morgan fingerprint density at radius 2 is 2.39 bits per heavy atom. The first-order valence-electron chi connectivity index (χ1n) is 7.60. The van der Waals surface area contributed by atoms with E-state index in [1.165, 1.54) is 6.20 Å². The van der Waals surface area contributed by atoms with E-state index in [-0.39, 0.29) is 6.10 Å². The highest BCUT2D eigenvalue weighted by Crippen LogP contribution is 2.18. The van der Waals surface area contributed by atoms with Gasteiger partial charge in [-0.15, -0.1) is 0 Å². The van der Waals surface area contributed by atoms with Gasteiger partial charge in [0.1, 0.15) is 11.4 Å². The average Bonchev–Trinajstić information content (AvgIpc) is 2.99. The van der Waals surface area contributed by atoms with Crippen LogP contribution in [0, 0.1) is 0 Å². The van der Waals surface area contributed by atoms with Gasteiger partial charge in [-0.25, -0.2) is 14.3 Å². The van der Waals surface area contributed by atoms with Gasteiger partial charge in [0.05, 0.1) is 32.1 Å². The maximum atomic E-state index is 12.0. The quantitative estimate of drug-likeness (QED) is 0.753. The molecule has 2 aromatic heterocycles. The van der Waals surface area contributed by atoms with E-state index in [0.717, 1.165) is 12.4 Å². The molecule has 1 saturated heterocycles. The zero-order chi connectivity index (χ0) is 16.2. The fraction of sp³-hybridized carbons (Fsp3) is 0.533. The topological polar surface area (TPSA) is 78.2 Å². The minimum absolute atomic E-state index is 0.0150. The van der Waals surface area contributed by atoms with Crippen molar-refractivity contribution in [2.75, 3.05) is 44.9 Å². The molecule has 0 saturated carbocycles. The highest BCUT2D eigenvalue weighted by atomic mass is 16.5. The number of methoxy groups -OCH3 is 1. The third-order valence-electron chi connectivity index (χ3n) is 3.67. The lowest BCUT2D eigenvalue weighted by Crippen LogP contribution is -2.44. The molecule has 1 fully saturated rings. The number of fused-ring (bicyclic) bond motifs is 1. The maximum Gasteiger partial charge on any atom is 0.343 e. The van der Waals surface area contributed by atoms with Crippen LogP contribution in [-0.2, 0) is 14.2 Å². The molecular formula is C15H20N4O4. The van der Waals surface area contributed by atoms with Crippen LogP contribution in [0.3, 0.4) is 0 Å². The van der Waals surface area contributed by atoms with Gasteiger partial charge in [0.2, 0.25) is 0 Å². The second-order valence-corrected chi connectivity index (χ2v) is 5.23. The molecule has 0 unspecified atom stereocenters. The largest absolute Gasteiger partial charge is 0.462 e. The van der Waals surface area contributed by atoms with E-state index in [2.05, 4.69) is 15.0 Å². The van der Waals surface area contributed by atoms with E-state index in [9.17, 15) is 4.79 Å². The zero-order valence-corrected chi connectivity index (χ0v) is 13.3. The smallest absolute Gasteiger partial charge is 0.343 e. The molecule has 124 valence electrons. The van der Waals surface area contributed by atoms with Crippen molar-refractivity contribution >= 4 is 17.4 Å². The summed E-state index contributed by atoms with van der Waals surface area (Å²) in [6, 6.07) is 1.88. The number of hydrogen-bond acceptors (Lipinski definition) is 7. The fourth-order valence-electron chi connectivity index (χ4n) is 2.60. The highest BCUT2D eigenvalue weighted by molar-refractivity contribution is 5.95. The fourth-order valence-corrected chi connectivity index (χ4v) is 2.60. The highest BCUT2D eigenvalue weighted by Gasteiger charge is 2.23. The lowest BCUT2D eigenvalue weighted by atomic mass is 10.3. The molecule has 2 aromatic rings. The Hall–Kier alpha value is -2.19. The van der Waals surface area contributed by atoms with E-state index in [4.69, 9.17) is 14.2 Å². The molecule has 1 aliphatic rings. The molecule has 3 heterocycles. The standard InChI is InChI=1S/C15H20N4O4/c1-3-22-15(20)12-8-16-19-5-4-13(17-14(12)19)18-6-7-23-11(9-18)10-21-2/h4-5,8,11H,3,6-7,9-10H2,1-2H3/t11-/m1/s1. The Morgan fingerprint density at radius 3 is 3.17 bits per heavy atom. The van der Waals surface area contributed by atoms with Crippen molar-refractivity contribution in [1.29, 1.82) is 0 Å². The number of aromatic nitrogens is 3. The summed E-state index contributed by atoms with van der Waals surface area (Å²) in [5.74, 6) is 0.374. The Labute approximate surface area is 133 Å². The number of hydrogen-bond donors (Lipinski definition) is 0. The summed E-state index contributed by atoms with van der Waals surface area (Å²) < 4.78 is 17.4. The van der Waals surface area contributed by atoms with Gasteiger partial charge in [-0.2, -0.15) is 5.10 Å². The molecular weight excluding hydrogens is 300 g/mol. The molecule has 0 N–H and O–H groups in total. The van der Waals surface area contributed by atoms with Gasteiger partial charge in [-0.1, -0.05) is 0 Å². The lowest BCUT2D eigenvalue weighted by molar-refractivity contribution is -0.0102. The summed E-state index contributed by atoms with van der Waals surface area (Å²) in [4.78, 5) is 18.7. The number of esters is 1. The van der Waals surface area contributed by atoms with E-state index in [1.807, 2.05) is 6.07 Å². The molecule has 0 radical (unpaired) electrons. The molecule has 0 bridgehead atoms. The normalized spacial score (nSPS) is 18.3. The molecule has 1 atom stereocenters. The molecule has 3 rings (SSSR count). The first-order chi connectivity index (χ1) is 11.2. The number of nitrogens with zero attached hydrogens (tertiary/aromatic N) is 4. The Kier molecular flexibility index (Phi) is 4.73. The van der Waals surface area contributed by atoms with Crippen molar-refractivity contribution in [1.82, 2.24) is 14.6 Å². The van der Waals surface area contributed by atoms with Crippen molar-refractivity contribution in [3.05, 3.63) is 24.0 Å². The summed E-state index contributed by atoms with van der Waals surface area (Å²) in [7, 11) is 1.66. The van der Waals surface area contributed by atoms with Crippen LogP contribution in [0.4, 0.5) is 5.82 Å². The third-order valence-corrected chi connectivity index (χ3v) is 3.67. The van der Waals surface area contributed by atoms with Gasteiger partial charge < -0.3 is 19.1 Å². The van der Waals surface area contributed by atoms with Crippen molar-refractivity contribution in [2.24, 2.45) is 0 Å². The molecule has 8 nitrogen and oxygen atoms in total. The molecule has 0 spiro atoms. The van der Waals surface area contributed by atoms with Crippen LogP contribution in [-0.4, -0.2) is 66.7 Å². The monoisotopic (exact) mass is 320 g/mol. The summed E-state index contributed by atoms with van der Waals surface area (Å²) in [6.45, 7) is 4.68. The zero-order valence-electron chi connectivity index (χ0n) is 13.3. The third kappa shape index (κ3) is 3.27. The van der Waals surface area contributed by atoms with Gasteiger partial charge in [0.15, 0.2) is 5.65 Å². The van der Waals surface area contributed by atoms with Gasteiger partial charge >= 0.3 is 5.97 Å². The summed E-state index contributed by atoms with van der Waals surface area (Å²) >= 11 is 0. The van der Waals surface area contributed by atoms with Crippen molar-refractivity contribution in [2.45, 2.75) is 13.0 Å². The number of morpholine rings is 1.